The van der Waals surface area contributed by atoms with E-state index >= 15 is 0 Å². The van der Waals surface area contributed by atoms with Gasteiger partial charge >= 0.3 is 6.09 Å². The van der Waals surface area contributed by atoms with E-state index in [-0.39, 0.29) is 11.7 Å². The molecule has 0 aromatic carbocycles. The molecule has 3 heterocycles. The SMILES string of the molecule is CCCc1ccc2c(n1)C(C)CC1(CCN(C(=O)OCC)CC1)O2. The minimum atomic E-state index is -0.206. The van der Waals surface area contributed by atoms with Crippen LogP contribution in [0.3, 0.4) is 0 Å². The van der Waals surface area contributed by atoms with E-state index in [2.05, 4.69) is 26.0 Å². The Labute approximate surface area is 144 Å². The largest absolute Gasteiger partial charge is 0.485 e. The van der Waals surface area contributed by atoms with Gasteiger partial charge in [-0.3, -0.25) is 4.98 Å². The summed E-state index contributed by atoms with van der Waals surface area (Å²) in [6.07, 6.45) is 4.59. The highest BCUT2D eigenvalue weighted by Gasteiger charge is 2.43. The molecule has 2 aliphatic heterocycles. The predicted molar refractivity (Wildman–Crippen MR) is 92.5 cm³/mol. The molecule has 1 amide bonds. The molecule has 24 heavy (non-hydrogen) atoms. The Morgan fingerprint density at radius 3 is 2.79 bits per heavy atom. The number of piperidine rings is 1. The highest BCUT2D eigenvalue weighted by atomic mass is 16.6. The van der Waals surface area contributed by atoms with Gasteiger partial charge in [0, 0.05) is 37.5 Å². The van der Waals surface area contributed by atoms with Crippen molar-refractivity contribution in [3.8, 4) is 5.75 Å². The van der Waals surface area contributed by atoms with Crippen molar-refractivity contribution in [3.63, 3.8) is 0 Å². The van der Waals surface area contributed by atoms with Crippen LogP contribution in [0.15, 0.2) is 12.1 Å². The van der Waals surface area contributed by atoms with Crippen molar-refractivity contribution in [3.05, 3.63) is 23.5 Å². The van der Waals surface area contributed by atoms with Crippen LogP contribution in [0.2, 0.25) is 0 Å². The van der Waals surface area contributed by atoms with Gasteiger partial charge in [0.15, 0.2) is 0 Å². The van der Waals surface area contributed by atoms with Crippen molar-refractivity contribution in [2.75, 3.05) is 19.7 Å². The van der Waals surface area contributed by atoms with E-state index in [9.17, 15) is 4.79 Å². The Morgan fingerprint density at radius 2 is 2.12 bits per heavy atom. The van der Waals surface area contributed by atoms with Gasteiger partial charge in [-0.15, -0.1) is 0 Å². The summed E-state index contributed by atoms with van der Waals surface area (Å²) in [6.45, 7) is 8.07. The van der Waals surface area contributed by atoms with Crippen molar-refractivity contribution >= 4 is 6.09 Å². The molecule has 1 aromatic rings. The number of likely N-dealkylation sites (tertiary alicyclic amines) is 1. The van der Waals surface area contributed by atoms with Crippen molar-refractivity contribution in [1.29, 1.82) is 0 Å². The highest BCUT2D eigenvalue weighted by molar-refractivity contribution is 5.67. The van der Waals surface area contributed by atoms with Gasteiger partial charge in [-0.1, -0.05) is 20.3 Å². The summed E-state index contributed by atoms with van der Waals surface area (Å²) >= 11 is 0. The van der Waals surface area contributed by atoms with Crippen molar-refractivity contribution < 1.29 is 14.3 Å². The Morgan fingerprint density at radius 1 is 1.38 bits per heavy atom. The van der Waals surface area contributed by atoms with Crippen LogP contribution in [0.4, 0.5) is 4.79 Å². The fourth-order valence-corrected chi connectivity index (χ4v) is 3.89. The molecule has 1 spiro atoms. The highest BCUT2D eigenvalue weighted by Crippen LogP contribution is 2.44. The van der Waals surface area contributed by atoms with Gasteiger partial charge in [0.2, 0.25) is 0 Å². The summed E-state index contributed by atoms with van der Waals surface area (Å²) in [7, 11) is 0. The molecule has 1 fully saturated rings. The number of carbonyl (C=O) groups is 1. The smallest absolute Gasteiger partial charge is 0.409 e. The molecule has 3 rings (SSSR count). The second-order valence-electron chi connectivity index (χ2n) is 7.01. The van der Waals surface area contributed by atoms with Crippen LogP contribution in [0.1, 0.15) is 63.8 Å². The zero-order valence-electron chi connectivity index (χ0n) is 15.0. The van der Waals surface area contributed by atoms with E-state index in [1.54, 1.807) is 4.90 Å². The van der Waals surface area contributed by atoms with Gasteiger partial charge in [-0.2, -0.15) is 0 Å². The Kier molecular flexibility index (Phi) is 4.97. The van der Waals surface area contributed by atoms with E-state index in [1.807, 2.05) is 6.92 Å². The van der Waals surface area contributed by atoms with Crippen molar-refractivity contribution in [2.24, 2.45) is 0 Å². The molecule has 1 unspecified atom stereocenters. The van der Waals surface area contributed by atoms with Crippen LogP contribution in [0.25, 0.3) is 0 Å². The van der Waals surface area contributed by atoms with Gasteiger partial charge in [0.1, 0.15) is 11.4 Å². The molecule has 1 saturated heterocycles. The summed E-state index contributed by atoms with van der Waals surface area (Å²) < 4.78 is 11.5. The standard InChI is InChI=1S/C19H28N2O3/c1-4-6-15-7-8-16-17(20-15)14(3)13-19(24-16)9-11-21(12-10-19)18(22)23-5-2/h7-8,14H,4-6,9-13H2,1-3H3. The van der Waals surface area contributed by atoms with E-state index in [1.165, 1.54) is 0 Å². The summed E-state index contributed by atoms with van der Waals surface area (Å²) in [6, 6.07) is 4.17. The Balaban J connectivity index is 1.71. The maximum Gasteiger partial charge on any atom is 0.409 e. The van der Waals surface area contributed by atoms with Crippen molar-refractivity contribution in [1.82, 2.24) is 9.88 Å². The van der Waals surface area contributed by atoms with Gasteiger partial charge in [-0.05, 0) is 31.9 Å². The van der Waals surface area contributed by atoms with E-state index in [0.29, 0.717) is 25.6 Å². The molecule has 0 aliphatic carbocycles. The fraction of sp³-hybridized carbons (Fsp3) is 0.684. The summed E-state index contributed by atoms with van der Waals surface area (Å²) in [4.78, 5) is 18.5. The Bertz CT molecular complexity index is 594. The fourth-order valence-electron chi connectivity index (χ4n) is 3.89. The molecule has 132 valence electrons. The Hall–Kier alpha value is -1.78. The van der Waals surface area contributed by atoms with E-state index in [4.69, 9.17) is 14.5 Å². The third kappa shape index (κ3) is 3.35. The average Bonchev–Trinajstić information content (AvgIpc) is 2.57. The normalized spacial score (nSPS) is 22.0. The molecule has 0 saturated carbocycles. The van der Waals surface area contributed by atoms with Gasteiger partial charge in [-0.25, -0.2) is 4.79 Å². The topological polar surface area (TPSA) is 51.7 Å². The lowest BCUT2D eigenvalue weighted by atomic mass is 9.79. The number of aromatic nitrogens is 1. The van der Waals surface area contributed by atoms with Crippen LogP contribution >= 0.6 is 0 Å². The average molecular weight is 332 g/mol. The van der Waals surface area contributed by atoms with E-state index < -0.39 is 0 Å². The number of aryl methyl sites for hydroxylation is 1. The maximum absolute atomic E-state index is 11.9. The van der Waals surface area contributed by atoms with Crippen molar-refractivity contribution in [2.45, 2.75) is 64.4 Å². The van der Waals surface area contributed by atoms with Crippen LogP contribution in [0.5, 0.6) is 5.75 Å². The first-order valence-electron chi connectivity index (χ1n) is 9.17. The first-order valence-corrected chi connectivity index (χ1v) is 9.17. The monoisotopic (exact) mass is 332 g/mol. The molecule has 0 bridgehead atoms. The number of amides is 1. The zero-order chi connectivity index (χ0) is 17.2. The molecule has 0 radical (unpaired) electrons. The van der Waals surface area contributed by atoms with Gasteiger partial charge < -0.3 is 14.4 Å². The summed E-state index contributed by atoms with van der Waals surface area (Å²) in [5.74, 6) is 1.32. The number of nitrogens with zero attached hydrogens (tertiary/aromatic N) is 2. The number of ether oxygens (including phenoxy) is 2. The number of hydrogen-bond donors (Lipinski definition) is 0. The number of rotatable bonds is 3. The molecule has 2 aliphatic rings. The predicted octanol–water partition coefficient (Wildman–Crippen LogP) is 3.91. The molecule has 1 aromatic heterocycles. The first-order chi connectivity index (χ1) is 11.6. The second-order valence-corrected chi connectivity index (χ2v) is 7.01. The maximum atomic E-state index is 11.9. The van der Waals surface area contributed by atoms with E-state index in [0.717, 1.165) is 49.2 Å². The number of fused-ring (bicyclic) bond motifs is 1. The van der Waals surface area contributed by atoms with Crippen LogP contribution in [-0.2, 0) is 11.2 Å². The minimum Gasteiger partial charge on any atom is -0.485 e. The van der Waals surface area contributed by atoms with Crippen LogP contribution in [-0.4, -0.2) is 41.3 Å². The minimum absolute atomic E-state index is 0.163. The first kappa shape index (κ1) is 17.1. The van der Waals surface area contributed by atoms with Gasteiger partial charge in [0.25, 0.3) is 0 Å². The molecular weight excluding hydrogens is 304 g/mol. The van der Waals surface area contributed by atoms with Gasteiger partial charge in [0.05, 0.1) is 12.3 Å². The molecule has 1 atom stereocenters. The zero-order valence-corrected chi connectivity index (χ0v) is 15.0. The number of hydrogen-bond acceptors (Lipinski definition) is 4. The third-order valence-electron chi connectivity index (χ3n) is 5.12. The number of carbonyl (C=O) groups excluding carboxylic acids is 1. The lowest BCUT2D eigenvalue weighted by Gasteiger charge is -2.45. The summed E-state index contributed by atoms with van der Waals surface area (Å²) in [5, 5.41) is 0. The number of pyridine rings is 1. The summed E-state index contributed by atoms with van der Waals surface area (Å²) in [5.41, 5.74) is 2.09. The van der Waals surface area contributed by atoms with Crippen LogP contribution < -0.4 is 4.74 Å². The lowest BCUT2D eigenvalue weighted by molar-refractivity contribution is -0.0206. The lowest BCUT2D eigenvalue weighted by Crippen LogP contribution is -2.51. The third-order valence-corrected chi connectivity index (χ3v) is 5.12. The quantitative estimate of drug-likeness (QED) is 0.842. The second kappa shape index (κ2) is 6.99. The molecule has 5 nitrogen and oxygen atoms in total. The molecular formula is C19H28N2O3. The molecule has 5 heteroatoms. The molecule has 0 N–H and O–H groups in total. The van der Waals surface area contributed by atoms with Crippen LogP contribution in [0, 0.1) is 0 Å².